The fourth-order valence-corrected chi connectivity index (χ4v) is 3.40. The van der Waals surface area contributed by atoms with Crippen LogP contribution in [0.2, 0.25) is 0 Å². The van der Waals surface area contributed by atoms with Gasteiger partial charge in [0.25, 0.3) is 0 Å². The Labute approximate surface area is 120 Å². The fourth-order valence-electron chi connectivity index (χ4n) is 3.40. The first-order valence-electron chi connectivity index (χ1n) is 7.78. The van der Waals surface area contributed by atoms with Gasteiger partial charge >= 0.3 is 0 Å². The van der Waals surface area contributed by atoms with E-state index in [-0.39, 0.29) is 29.6 Å². The molecule has 0 spiro atoms. The van der Waals surface area contributed by atoms with Gasteiger partial charge in [-0.2, -0.15) is 0 Å². The molecule has 20 heavy (non-hydrogen) atoms. The number of rotatable bonds is 4. The number of likely N-dealkylation sites (tertiary alicyclic amines) is 1. The van der Waals surface area contributed by atoms with Gasteiger partial charge in [0.05, 0.1) is 0 Å². The normalized spacial score (nSPS) is 31.2. The predicted octanol–water partition coefficient (Wildman–Crippen LogP) is 2.41. The Kier molecular flexibility index (Phi) is 4.61. The van der Waals surface area contributed by atoms with Crippen molar-refractivity contribution in [3.05, 3.63) is 0 Å². The zero-order chi connectivity index (χ0) is 14.9. The summed E-state index contributed by atoms with van der Waals surface area (Å²) in [5.74, 6) is 0.851. The summed E-state index contributed by atoms with van der Waals surface area (Å²) in [4.78, 5) is 37.1. The van der Waals surface area contributed by atoms with Gasteiger partial charge in [-0.1, -0.05) is 20.8 Å². The van der Waals surface area contributed by atoms with E-state index in [1.807, 2.05) is 20.8 Å². The van der Waals surface area contributed by atoms with Crippen LogP contribution in [0, 0.1) is 23.7 Å². The average Bonchev–Trinajstić information content (AvgIpc) is 2.65. The van der Waals surface area contributed by atoms with E-state index in [0.717, 1.165) is 25.7 Å². The van der Waals surface area contributed by atoms with Crippen LogP contribution in [0.15, 0.2) is 0 Å². The molecule has 0 aromatic rings. The molecule has 1 atom stereocenters. The van der Waals surface area contributed by atoms with E-state index >= 15 is 0 Å². The highest BCUT2D eigenvalue weighted by molar-refractivity contribution is 6.03. The van der Waals surface area contributed by atoms with E-state index < -0.39 is 0 Å². The third-order valence-electron chi connectivity index (χ3n) is 4.73. The van der Waals surface area contributed by atoms with Crippen LogP contribution in [0.4, 0.5) is 0 Å². The number of ketones is 1. The Hall–Kier alpha value is -1.19. The minimum atomic E-state index is -0.152. The summed E-state index contributed by atoms with van der Waals surface area (Å²) in [7, 11) is 0. The Bertz CT molecular complexity index is 408. The van der Waals surface area contributed by atoms with Crippen molar-refractivity contribution in [2.24, 2.45) is 23.7 Å². The summed E-state index contributed by atoms with van der Waals surface area (Å²) in [6.07, 6.45) is 4.09. The summed E-state index contributed by atoms with van der Waals surface area (Å²) in [6, 6.07) is 0. The molecule has 1 saturated heterocycles. The third-order valence-corrected chi connectivity index (χ3v) is 4.73. The number of imide groups is 1. The SMILES string of the molecule is CC(C)C(=O)C1CCC(CN2C(=O)C[C@@H](C)C2=O)CC1. The van der Waals surface area contributed by atoms with E-state index in [9.17, 15) is 14.4 Å². The number of Topliss-reactive ketones (excluding diaryl/α,β-unsaturated/α-hetero) is 1. The van der Waals surface area contributed by atoms with Gasteiger partial charge < -0.3 is 0 Å². The quantitative estimate of drug-likeness (QED) is 0.743. The minimum Gasteiger partial charge on any atom is -0.299 e. The second-order valence-corrected chi connectivity index (χ2v) is 6.72. The van der Waals surface area contributed by atoms with Gasteiger partial charge in [0.15, 0.2) is 0 Å². The summed E-state index contributed by atoms with van der Waals surface area (Å²) in [5.41, 5.74) is 0. The van der Waals surface area contributed by atoms with Crippen molar-refractivity contribution in [1.82, 2.24) is 4.90 Å². The molecule has 4 heteroatoms. The number of hydrogen-bond donors (Lipinski definition) is 0. The van der Waals surface area contributed by atoms with E-state index in [1.165, 1.54) is 4.90 Å². The van der Waals surface area contributed by atoms with Gasteiger partial charge in [-0.25, -0.2) is 0 Å². The number of carbonyl (C=O) groups excluding carboxylic acids is 3. The van der Waals surface area contributed by atoms with Crippen LogP contribution in [0.5, 0.6) is 0 Å². The highest BCUT2D eigenvalue weighted by Crippen LogP contribution is 2.32. The van der Waals surface area contributed by atoms with Crippen LogP contribution in [0.1, 0.15) is 52.9 Å². The van der Waals surface area contributed by atoms with Gasteiger partial charge in [-0.3, -0.25) is 19.3 Å². The topological polar surface area (TPSA) is 54.5 Å². The third kappa shape index (κ3) is 3.10. The lowest BCUT2D eigenvalue weighted by atomic mass is 9.77. The maximum Gasteiger partial charge on any atom is 0.232 e. The lowest BCUT2D eigenvalue weighted by Gasteiger charge is -2.30. The van der Waals surface area contributed by atoms with Crippen LogP contribution >= 0.6 is 0 Å². The van der Waals surface area contributed by atoms with Crippen molar-refractivity contribution in [3.63, 3.8) is 0 Å². The Morgan fingerprint density at radius 1 is 1.20 bits per heavy atom. The second-order valence-electron chi connectivity index (χ2n) is 6.72. The number of hydrogen-bond acceptors (Lipinski definition) is 3. The molecule has 1 heterocycles. The molecule has 0 aromatic heterocycles. The molecule has 4 nitrogen and oxygen atoms in total. The van der Waals surface area contributed by atoms with Crippen LogP contribution in [-0.2, 0) is 14.4 Å². The average molecular weight is 279 g/mol. The molecule has 1 saturated carbocycles. The highest BCUT2D eigenvalue weighted by Gasteiger charge is 2.37. The molecule has 1 aliphatic carbocycles. The Morgan fingerprint density at radius 3 is 2.25 bits per heavy atom. The number of amides is 2. The van der Waals surface area contributed by atoms with Crippen molar-refractivity contribution >= 4 is 17.6 Å². The second kappa shape index (κ2) is 6.06. The maximum atomic E-state index is 12.0. The molecule has 2 fully saturated rings. The zero-order valence-corrected chi connectivity index (χ0v) is 12.7. The van der Waals surface area contributed by atoms with Crippen molar-refractivity contribution < 1.29 is 14.4 Å². The molecule has 0 unspecified atom stereocenters. The smallest absolute Gasteiger partial charge is 0.232 e. The standard InChI is InChI=1S/C16H25NO3/c1-10(2)15(19)13-6-4-12(5-7-13)9-17-14(18)8-11(3)16(17)20/h10-13H,4-9H2,1-3H3/t11-,12?,13?/m1/s1. The lowest BCUT2D eigenvalue weighted by Crippen LogP contribution is -2.37. The van der Waals surface area contributed by atoms with Crippen LogP contribution in [0.3, 0.4) is 0 Å². The van der Waals surface area contributed by atoms with Crippen molar-refractivity contribution in [2.45, 2.75) is 52.9 Å². The summed E-state index contributed by atoms with van der Waals surface area (Å²) >= 11 is 0. The van der Waals surface area contributed by atoms with E-state index in [1.54, 1.807) is 0 Å². The first kappa shape index (κ1) is 15.2. The predicted molar refractivity (Wildman–Crippen MR) is 75.8 cm³/mol. The molecule has 0 aromatic carbocycles. The largest absolute Gasteiger partial charge is 0.299 e. The van der Waals surface area contributed by atoms with E-state index in [2.05, 4.69) is 0 Å². The molecule has 2 aliphatic rings. The van der Waals surface area contributed by atoms with E-state index in [4.69, 9.17) is 0 Å². The van der Waals surface area contributed by atoms with Crippen LogP contribution < -0.4 is 0 Å². The van der Waals surface area contributed by atoms with Crippen LogP contribution in [0.25, 0.3) is 0 Å². The first-order valence-corrected chi connectivity index (χ1v) is 7.78. The summed E-state index contributed by atoms with van der Waals surface area (Å²) in [6.45, 7) is 6.29. The maximum absolute atomic E-state index is 12.0. The molecule has 112 valence electrons. The molecule has 0 radical (unpaired) electrons. The molecule has 1 aliphatic heterocycles. The monoisotopic (exact) mass is 279 g/mol. The Balaban J connectivity index is 1.84. The van der Waals surface area contributed by atoms with E-state index in [0.29, 0.717) is 24.7 Å². The molecule has 2 rings (SSSR count). The number of nitrogens with zero attached hydrogens (tertiary/aromatic N) is 1. The highest BCUT2D eigenvalue weighted by atomic mass is 16.2. The van der Waals surface area contributed by atoms with Crippen LogP contribution in [-0.4, -0.2) is 29.0 Å². The molecule has 0 bridgehead atoms. The number of carbonyl (C=O) groups is 3. The first-order chi connectivity index (χ1) is 9.40. The Morgan fingerprint density at radius 2 is 1.80 bits per heavy atom. The lowest BCUT2D eigenvalue weighted by molar-refractivity contribution is -0.140. The summed E-state index contributed by atoms with van der Waals surface area (Å²) < 4.78 is 0. The summed E-state index contributed by atoms with van der Waals surface area (Å²) in [5, 5.41) is 0. The van der Waals surface area contributed by atoms with Gasteiger partial charge in [0, 0.05) is 30.7 Å². The molecule has 0 N–H and O–H groups in total. The zero-order valence-electron chi connectivity index (χ0n) is 12.7. The van der Waals surface area contributed by atoms with Crippen molar-refractivity contribution in [2.75, 3.05) is 6.54 Å². The van der Waals surface area contributed by atoms with Gasteiger partial charge in [0.2, 0.25) is 11.8 Å². The minimum absolute atomic E-state index is 0.0182. The van der Waals surface area contributed by atoms with Crippen molar-refractivity contribution in [1.29, 1.82) is 0 Å². The fraction of sp³-hybridized carbons (Fsp3) is 0.812. The van der Waals surface area contributed by atoms with Crippen molar-refractivity contribution in [3.8, 4) is 0 Å². The molecule has 2 amide bonds. The van der Waals surface area contributed by atoms with Gasteiger partial charge in [-0.15, -0.1) is 0 Å². The molecular formula is C16H25NO3. The molecular weight excluding hydrogens is 254 g/mol. The van der Waals surface area contributed by atoms with Gasteiger partial charge in [0.1, 0.15) is 5.78 Å². The van der Waals surface area contributed by atoms with Gasteiger partial charge in [-0.05, 0) is 31.6 Å².